The van der Waals surface area contributed by atoms with E-state index in [1.54, 1.807) is 7.11 Å². The lowest BCUT2D eigenvalue weighted by atomic mass is 10.2. The summed E-state index contributed by atoms with van der Waals surface area (Å²) in [7, 11) is 1.61. The Hall–Kier alpha value is -0.770. The van der Waals surface area contributed by atoms with Crippen LogP contribution in [0.15, 0.2) is 5.11 Å². The number of azide groups is 1. The van der Waals surface area contributed by atoms with E-state index in [1.807, 2.05) is 0 Å². The predicted molar refractivity (Wildman–Crippen MR) is 38.9 cm³/mol. The maximum absolute atomic E-state index is 8.02. The van der Waals surface area contributed by atoms with E-state index in [9.17, 15) is 0 Å². The summed E-state index contributed by atoms with van der Waals surface area (Å²) < 4.78 is 10.3. The normalized spacial score (nSPS) is 29.9. The lowest BCUT2D eigenvalue weighted by molar-refractivity contribution is -0.112. The monoisotopic (exact) mass is 157 g/mol. The highest BCUT2D eigenvalue weighted by Gasteiger charge is 2.23. The SMILES string of the molecule is CO[C@@H]1CCC(CN=[N+]=[N-])O1. The molecular weight excluding hydrogens is 146 g/mol. The van der Waals surface area contributed by atoms with Crippen molar-refractivity contribution in [2.45, 2.75) is 25.2 Å². The van der Waals surface area contributed by atoms with Gasteiger partial charge < -0.3 is 9.47 Å². The van der Waals surface area contributed by atoms with Crippen molar-refractivity contribution in [1.82, 2.24) is 0 Å². The number of hydrogen-bond donors (Lipinski definition) is 0. The number of nitrogens with zero attached hydrogens (tertiary/aromatic N) is 3. The third kappa shape index (κ3) is 2.38. The highest BCUT2D eigenvalue weighted by atomic mass is 16.7. The molecule has 0 bridgehead atoms. The fourth-order valence-corrected chi connectivity index (χ4v) is 1.11. The number of hydrogen-bond acceptors (Lipinski definition) is 3. The first-order valence-electron chi connectivity index (χ1n) is 3.56. The molecule has 0 aromatic heterocycles. The van der Waals surface area contributed by atoms with Gasteiger partial charge in [0.25, 0.3) is 0 Å². The van der Waals surface area contributed by atoms with E-state index in [-0.39, 0.29) is 12.4 Å². The van der Waals surface area contributed by atoms with Crippen molar-refractivity contribution in [3.63, 3.8) is 0 Å². The van der Waals surface area contributed by atoms with Crippen molar-refractivity contribution >= 4 is 0 Å². The zero-order chi connectivity index (χ0) is 8.10. The minimum Gasteiger partial charge on any atom is -0.356 e. The molecule has 0 aliphatic carbocycles. The number of methoxy groups -OCH3 is 1. The van der Waals surface area contributed by atoms with E-state index in [0.717, 1.165) is 12.8 Å². The van der Waals surface area contributed by atoms with Crippen LogP contribution in [0.1, 0.15) is 12.8 Å². The first-order valence-corrected chi connectivity index (χ1v) is 3.56. The van der Waals surface area contributed by atoms with Gasteiger partial charge in [-0.3, -0.25) is 0 Å². The van der Waals surface area contributed by atoms with Gasteiger partial charge in [0.05, 0.1) is 12.6 Å². The molecule has 1 heterocycles. The van der Waals surface area contributed by atoms with E-state index in [0.29, 0.717) is 6.54 Å². The van der Waals surface area contributed by atoms with E-state index in [2.05, 4.69) is 10.0 Å². The van der Waals surface area contributed by atoms with Crippen LogP contribution in [0.3, 0.4) is 0 Å². The Morgan fingerprint density at radius 2 is 2.55 bits per heavy atom. The average Bonchev–Trinajstić information content (AvgIpc) is 2.48. The zero-order valence-electron chi connectivity index (χ0n) is 6.43. The highest BCUT2D eigenvalue weighted by molar-refractivity contribution is 4.70. The summed E-state index contributed by atoms with van der Waals surface area (Å²) >= 11 is 0. The summed E-state index contributed by atoms with van der Waals surface area (Å²) in [4.78, 5) is 2.65. The largest absolute Gasteiger partial charge is 0.356 e. The van der Waals surface area contributed by atoms with Crippen LogP contribution in [0, 0.1) is 0 Å². The minimum absolute atomic E-state index is 0.0517. The van der Waals surface area contributed by atoms with Gasteiger partial charge in [-0.05, 0) is 12.0 Å². The molecule has 1 rings (SSSR count). The molecule has 0 aromatic carbocycles. The molecule has 0 amide bonds. The molecule has 5 heteroatoms. The van der Waals surface area contributed by atoms with Gasteiger partial charge in [0.1, 0.15) is 0 Å². The van der Waals surface area contributed by atoms with Crippen LogP contribution < -0.4 is 0 Å². The third-order valence-corrected chi connectivity index (χ3v) is 1.68. The van der Waals surface area contributed by atoms with Crippen LogP contribution >= 0.6 is 0 Å². The van der Waals surface area contributed by atoms with Gasteiger partial charge in [-0.2, -0.15) is 0 Å². The number of rotatable bonds is 3. The van der Waals surface area contributed by atoms with Crippen LogP contribution in [0.2, 0.25) is 0 Å². The maximum atomic E-state index is 8.02. The fraction of sp³-hybridized carbons (Fsp3) is 1.00. The molecule has 5 nitrogen and oxygen atoms in total. The summed E-state index contributed by atoms with van der Waals surface area (Å²) in [6, 6.07) is 0. The molecule has 1 unspecified atom stereocenters. The number of ether oxygens (including phenoxy) is 2. The molecule has 0 N–H and O–H groups in total. The quantitative estimate of drug-likeness (QED) is 0.353. The van der Waals surface area contributed by atoms with E-state index < -0.39 is 0 Å². The van der Waals surface area contributed by atoms with Crippen molar-refractivity contribution in [2.24, 2.45) is 5.11 Å². The van der Waals surface area contributed by atoms with Crippen molar-refractivity contribution in [1.29, 1.82) is 0 Å². The van der Waals surface area contributed by atoms with Crippen molar-refractivity contribution in [2.75, 3.05) is 13.7 Å². The van der Waals surface area contributed by atoms with Gasteiger partial charge in [0.15, 0.2) is 6.29 Å². The Balaban J connectivity index is 2.24. The Labute approximate surface area is 64.9 Å². The molecular formula is C6H11N3O2. The molecule has 1 fully saturated rings. The van der Waals surface area contributed by atoms with Crippen LogP contribution in [-0.2, 0) is 9.47 Å². The second kappa shape index (κ2) is 4.18. The van der Waals surface area contributed by atoms with Crippen molar-refractivity contribution in [3.05, 3.63) is 10.4 Å². The Bertz CT molecular complexity index is 167. The average molecular weight is 157 g/mol. The molecule has 62 valence electrons. The summed E-state index contributed by atoms with van der Waals surface area (Å²) in [5.74, 6) is 0. The lowest BCUT2D eigenvalue weighted by Crippen LogP contribution is -2.14. The van der Waals surface area contributed by atoms with Gasteiger partial charge in [-0.1, -0.05) is 5.11 Å². The second-order valence-electron chi connectivity index (χ2n) is 2.41. The van der Waals surface area contributed by atoms with Gasteiger partial charge >= 0.3 is 0 Å². The Morgan fingerprint density at radius 1 is 1.73 bits per heavy atom. The first-order chi connectivity index (χ1) is 5.36. The molecule has 0 spiro atoms. The summed E-state index contributed by atoms with van der Waals surface area (Å²) in [6.07, 6.45) is 1.75. The maximum Gasteiger partial charge on any atom is 0.157 e. The van der Waals surface area contributed by atoms with Gasteiger partial charge in [-0.25, -0.2) is 0 Å². The third-order valence-electron chi connectivity index (χ3n) is 1.68. The van der Waals surface area contributed by atoms with Crippen molar-refractivity contribution in [3.8, 4) is 0 Å². The first kappa shape index (κ1) is 8.33. The zero-order valence-corrected chi connectivity index (χ0v) is 6.43. The van der Waals surface area contributed by atoms with Crippen LogP contribution in [0.5, 0.6) is 0 Å². The molecule has 0 aromatic rings. The summed E-state index contributed by atoms with van der Waals surface area (Å²) in [5, 5.41) is 3.42. The van der Waals surface area contributed by atoms with Gasteiger partial charge in [0.2, 0.25) is 0 Å². The Morgan fingerprint density at radius 3 is 3.09 bits per heavy atom. The second-order valence-corrected chi connectivity index (χ2v) is 2.41. The summed E-state index contributed by atoms with van der Waals surface area (Å²) in [5.41, 5.74) is 8.02. The topological polar surface area (TPSA) is 67.2 Å². The molecule has 11 heavy (non-hydrogen) atoms. The highest BCUT2D eigenvalue weighted by Crippen LogP contribution is 2.19. The van der Waals surface area contributed by atoms with E-state index in [4.69, 9.17) is 15.0 Å². The van der Waals surface area contributed by atoms with E-state index in [1.165, 1.54) is 0 Å². The molecule has 1 saturated heterocycles. The molecule has 2 atom stereocenters. The smallest absolute Gasteiger partial charge is 0.157 e. The lowest BCUT2D eigenvalue weighted by Gasteiger charge is -2.08. The molecule has 0 radical (unpaired) electrons. The molecule has 0 saturated carbocycles. The van der Waals surface area contributed by atoms with Gasteiger partial charge in [0, 0.05) is 18.4 Å². The van der Waals surface area contributed by atoms with Gasteiger partial charge in [-0.15, -0.1) is 0 Å². The van der Waals surface area contributed by atoms with Crippen LogP contribution in [0.25, 0.3) is 10.4 Å². The summed E-state index contributed by atoms with van der Waals surface area (Å²) in [6.45, 7) is 0.413. The minimum atomic E-state index is -0.103. The standard InChI is InChI=1S/C6H11N3O2/c1-10-6-3-2-5(11-6)4-8-9-7/h5-6H,2-4H2,1H3/t5?,6-/m0/s1. The van der Waals surface area contributed by atoms with Crippen LogP contribution in [-0.4, -0.2) is 26.0 Å². The van der Waals surface area contributed by atoms with Crippen molar-refractivity contribution < 1.29 is 9.47 Å². The Kier molecular flexibility index (Phi) is 3.16. The van der Waals surface area contributed by atoms with E-state index >= 15 is 0 Å². The predicted octanol–water partition coefficient (Wildman–Crippen LogP) is 1.45. The fourth-order valence-electron chi connectivity index (χ4n) is 1.11. The molecule has 1 aliphatic rings. The van der Waals surface area contributed by atoms with Crippen LogP contribution in [0.4, 0.5) is 0 Å². The molecule has 1 aliphatic heterocycles.